The predicted octanol–water partition coefficient (Wildman–Crippen LogP) is 6.48. The van der Waals surface area contributed by atoms with Crippen molar-refractivity contribution in [1.29, 1.82) is 0 Å². The van der Waals surface area contributed by atoms with Crippen LogP contribution in [0.25, 0.3) is 27.7 Å². The van der Waals surface area contributed by atoms with Gasteiger partial charge in [0.25, 0.3) is 5.91 Å². The van der Waals surface area contributed by atoms with Crippen LogP contribution in [0.3, 0.4) is 0 Å². The van der Waals surface area contributed by atoms with Crippen LogP contribution in [0.15, 0.2) is 72.8 Å². The molecule has 1 N–H and O–H groups in total. The standard InChI is InChI=1S/C25H16ClF3N4O2/c1-35-16-11-9-15(10-12-16)19-13-20(25(27,28)29)33-23(30-19)21(26)22(32-33)24(34)31-18-8-4-6-14-5-2-3-7-17(14)18/h2-13H,1H3,(H,31,34). The number of carbonyl (C=O) groups is 1. The molecule has 6 nitrogen and oxygen atoms in total. The SMILES string of the molecule is COc1ccc(-c2cc(C(F)(F)F)n3nc(C(=O)Nc4cccc5ccccc45)c(Cl)c3n2)cc1. The van der Waals surface area contributed by atoms with Crippen molar-refractivity contribution in [3.63, 3.8) is 0 Å². The van der Waals surface area contributed by atoms with Crippen LogP contribution in [0.1, 0.15) is 16.2 Å². The van der Waals surface area contributed by atoms with Gasteiger partial charge in [-0.2, -0.15) is 18.3 Å². The molecule has 0 aliphatic rings. The minimum Gasteiger partial charge on any atom is -0.497 e. The van der Waals surface area contributed by atoms with Crippen LogP contribution in [0, 0.1) is 0 Å². The molecule has 5 aromatic rings. The van der Waals surface area contributed by atoms with Crippen molar-refractivity contribution in [2.24, 2.45) is 0 Å². The highest BCUT2D eigenvalue weighted by Crippen LogP contribution is 2.35. The van der Waals surface area contributed by atoms with Crippen molar-refractivity contribution in [3.8, 4) is 17.0 Å². The van der Waals surface area contributed by atoms with Crippen LogP contribution in [-0.2, 0) is 6.18 Å². The molecule has 176 valence electrons. The van der Waals surface area contributed by atoms with E-state index < -0.39 is 17.8 Å². The Bertz CT molecular complexity index is 1580. The van der Waals surface area contributed by atoms with E-state index in [1.807, 2.05) is 30.3 Å². The third-order valence-electron chi connectivity index (χ3n) is 5.46. The number of ether oxygens (including phenoxy) is 1. The number of halogens is 4. The molecule has 1 amide bonds. The maximum atomic E-state index is 13.9. The molecule has 2 aromatic heterocycles. The fourth-order valence-electron chi connectivity index (χ4n) is 3.76. The number of alkyl halides is 3. The lowest BCUT2D eigenvalue weighted by Crippen LogP contribution is -2.16. The first-order valence-electron chi connectivity index (χ1n) is 10.4. The zero-order valence-corrected chi connectivity index (χ0v) is 18.9. The van der Waals surface area contributed by atoms with E-state index in [0.717, 1.165) is 16.8 Å². The fraction of sp³-hybridized carbons (Fsp3) is 0.0800. The Balaban J connectivity index is 1.61. The van der Waals surface area contributed by atoms with Crippen molar-refractivity contribution in [1.82, 2.24) is 14.6 Å². The van der Waals surface area contributed by atoms with Crippen LogP contribution in [0.5, 0.6) is 5.75 Å². The summed E-state index contributed by atoms with van der Waals surface area (Å²) in [6.07, 6.45) is -4.78. The van der Waals surface area contributed by atoms with Gasteiger partial charge < -0.3 is 10.1 Å². The summed E-state index contributed by atoms with van der Waals surface area (Å²) in [7, 11) is 1.48. The second-order valence-corrected chi connectivity index (χ2v) is 8.01. The lowest BCUT2D eigenvalue weighted by atomic mass is 10.1. The number of benzene rings is 3. The van der Waals surface area contributed by atoms with Gasteiger partial charge in [0, 0.05) is 16.6 Å². The normalized spacial score (nSPS) is 11.7. The van der Waals surface area contributed by atoms with Crippen molar-refractivity contribution in [2.45, 2.75) is 6.18 Å². The number of hydrogen-bond donors (Lipinski definition) is 1. The summed E-state index contributed by atoms with van der Waals surface area (Å²) in [6, 6.07) is 19.9. The van der Waals surface area contributed by atoms with Crippen LogP contribution < -0.4 is 10.1 Å². The van der Waals surface area contributed by atoms with Gasteiger partial charge in [-0.25, -0.2) is 9.50 Å². The molecule has 0 radical (unpaired) electrons. The number of methoxy groups -OCH3 is 1. The molecular weight excluding hydrogens is 481 g/mol. The summed E-state index contributed by atoms with van der Waals surface area (Å²) < 4.78 is 47.5. The van der Waals surface area contributed by atoms with E-state index in [1.165, 1.54) is 7.11 Å². The Hall–Kier alpha value is -4.11. The third-order valence-corrected chi connectivity index (χ3v) is 5.81. The first-order chi connectivity index (χ1) is 16.8. The molecule has 0 saturated heterocycles. The maximum absolute atomic E-state index is 13.9. The topological polar surface area (TPSA) is 68.5 Å². The number of fused-ring (bicyclic) bond motifs is 2. The summed E-state index contributed by atoms with van der Waals surface area (Å²) in [5.74, 6) is -0.211. The number of amides is 1. The molecule has 0 fully saturated rings. The molecule has 0 bridgehead atoms. The lowest BCUT2D eigenvalue weighted by Gasteiger charge is -2.11. The summed E-state index contributed by atoms with van der Waals surface area (Å²) in [4.78, 5) is 17.3. The molecule has 3 aromatic carbocycles. The molecule has 0 aliphatic heterocycles. The number of rotatable bonds is 4. The Kier molecular flexibility index (Phi) is 5.56. The van der Waals surface area contributed by atoms with Crippen molar-refractivity contribution in [2.75, 3.05) is 12.4 Å². The van der Waals surface area contributed by atoms with Crippen LogP contribution in [-0.4, -0.2) is 27.6 Å². The van der Waals surface area contributed by atoms with E-state index >= 15 is 0 Å². The zero-order valence-electron chi connectivity index (χ0n) is 18.1. The number of hydrogen-bond acceptors (Lipinski definition) is 4. The Morgan fingerprint density at radius 2 is 1.74 bits per heavy atom. The van der Waals surface area contributed by atoms with E-state index in [1.54, 1.807) is 36.4 Å². The highest BCUT2D eigenvalue weighted by atomic mass is 35.5. The van der Waals surface area contributed by atoms with Gasteiger partial charge in [0.15, 0.2) is 17.0 Å². The summed E-state index contributed by atoms with van der Waals surface area (Å²) in [5, 5.41) is 7.95. The van der Waals surface area contributed by atoms with Crippen LogP contribution in [0.2, 0.25) is 5.02 Å². The molecule has 5 rings (SSSR count). The van der Waals surface area contributed by atoms with E-state index in [0.29, 0.717) is 21.5 Å². The monoisotopic (exact) mass is 496 g/mol. The Labute approximate surface area is 201 Å². The fourth-order valence-corrected chi connectivity index (χ4v) is 4.01. The molecule has 10 heteroatoms. The van der Waals surface area contributed by atoms with Gasteiger partial charge in [0.1, 0.15) is 10.8 Å². The van der Waals surface area contributed by atoms with Gasteiger partial charge in [0.05, 0.1) is 12.8 Å². The molecular formula is C25H16ClF3N4O2. The van der Waals surface area contributed by atoms with Gasteiger partial charge in [0.2, 0.25) is 0 Å². The van der Waals surface area contributed by atoms with Gasteiger partial charge in [-0.3, -0.25) is 4.79 Å². The number of nitrogens with one attached hydrogen (secondary N) is 1. The first kappa shape index (κ1) is 22.7. The van der Waals surface area contributed by atoms with Crippen molar-refractivity contribution >= 4 is 39.6 Å². The second-order valence-electron chi connectivity index (χ2n) is 7.63. The zero-order chi connectivity index (χ0) is 24.7. The molecule has 0 atom stereocenters. The smallest absolute Gasteiger partial charge is 0.433 e. The number of carbonyl (C=O) groups excluding carboxylic acids is 1. The quantitative estimate of drug-likeness (QED) is 0.309. The number of aromatic nitrogens is 3. The minimum absolute atomic E-state index is 0.0234. The van der Waals surface area contributed by atoms with Gasteiger partial charge in [-0.15, -0.1) is 0 Å². The number of nitrogens with zero attached hydrogens (tertiary/aromatic N) is 3. The van der Waals surface area contributed by atoms with Crippen LogP contribution in [0.4, 0.5) is 18.9 Å². The van der Waals surface area contributed by atoms with E-state index in [9.17, 15) is 18.0 Å². The van der Waals surface area contributed by atoms with E-state index in [4.69, 9.17) is 16.3 Å². The largest absolute Gasteiger partial charge is 0.497 e. The molecule has 0 unspecified atom stereocenters. The Morgan fingerprint density at radius 1 is 1.03 bits per heavy atom. The minimum atomic E-state index is -4.78. The van der Waals surface area contributed by atoms with E-state index in [-0.39, 0.29) is 22.1 Å². The maximum Gasteiger partial charge on any atom is 0.433 e. The first-order valence-corrected chi connectivity index (χ1v) is 10.7. The second kappa shape index (κ2) is 8.59. The van der Waals surface area contributed by atoms with Crippen molar-refractivity contribution in [3.05, 3.63) is 89.2 Å². The highest BCUT2D eigenvalue weighted by Gasteiger charge is 2.36. The molecule has 0 aliphatic carbocycles. The lowest BCUT2D eigenvalue weighted by molar-refractivity contribution is -0.142. The molecule has 2 heterocycles. The van der Waals surface area contributed by atoms with Gasteiger partial charge in [-0.1, -0.05) is 48.0 Å². The molecule has 0 spiro atoms. The number of anilines is 1. The summed E-state index contributed by atoms with van der Waals surface area (Å²) in [5.41, 5.74) is -0.850. The third kappa shape index (κ3) is 4.15. The summed E-state index contributed by atoms with van der Waals surface area (Å²) in [6.45, 7) is 0. The average molecular weight is 497 g/mol. The average Bonchev–Trinajstić information content (AvgIpc) is 3.19. The van der Waals surface area contributed by atoms with Crippen molar-refractivity contribution < 1.29 is 22.7 Å². The predicted molar refractivity (Wildman–Crippen MR) is 127 cm³/mol. The van der Waals surface area contributed by atoms with Gasteiger partial charge >= 0.3 is 6.18 Å². The Morgan fingerprint density at radius 3 is 2.46 bits per heavy atom. The molecule has 0 saturated carbocycles. The summed E-state index contributed by atoms with van der Waals surface area (Å²) >= 11 is 6.37. The van der Waals surface area contributed by atoms with Gasteiger partial charge in [-0.05, 0) is 41.8 Å². The van der Waals surface area contributed by atoms with Crippen LogP contribution >= 0.6 is 11.6 Å². The van der Waals surface area contributed by atoms with E-state index in [2.05, 4.69) is 15.4 Å². The highest BCUT2D eigenvalue weighted by molar-refractivity contribution is 6.37. The molecule has 35 heavy (non-hydrogen) atoms.